The average Bonchev–Trinajstić information content (AvgIpc) is 2.99. The molecule has 2 aromatic carbocycles. The van der Waals surface area contributed by atoms with Crippen LogP contribution in [0.2, 0.25) is 0 Å². The summed E-state index contributed by atoms with van der Waals surface area (Å²) in [5, 5.41) is 3.17. The molecular weight excluding hydrogens is 354 g/mol. The fraction of sp³-hybridized carbons (Fsp3) is 0.435. The van der Waals surface area contributed by atoms with Crippen LogP contribution in [0.5, 0.6) is 11.5 Å². The summed E-state index contributed by atoms with van der Waals surface area (Å²) in [6.07, 6.45) is 2.42. The van der Waals surface area contributed by atoms with E-state index in [0.717, 1.165) is 41.9 Å². The van der Waals surface area contributed by atoms with Gasteiger partial charge in [-0.1, -0.05) is 36.4 Å². The van der Waals surface area contributed by atoms with Gasteiger partial charge in [-0.25, -0.2) is 0 Å². The van der Waals surface area contributed by atoms with Gasteiger partial charge in [0.05, 0.1) is 31.3 Å². The average molecular weight is 381 g/mol. The molecule has 0 bridgehead atoms. The lowest BCUT2D eigenvalue weighted by Crippen LogP contribution is -2.38. The van der Waals surface area contributed by atoms with E-state index >= 15 is 0 Å². The third-order valence-electron chi connectivity index (χ3n) is 5.42. The van der Waals surface area contributed by atoms with E-state index < -0.39 is 0 Å². The predicted molar refractivity (Wildman–Crippen MR) is 106 cm³/mol. The van der Waals surface area contributed by atoms with Crippen molar-refractivity contribution in [2.45, 2.75) is 38.3 Å². The van der Waals surface area contributed by atoms with E-state index in [0.29, 0.717) is 19.8 Å². The summed E-state index contributed by atoms with van der Waals surface area (Å²) in [7, 11) is 0. The Hall–Kier alpha value is -2.53. The molecule has 1 amide bonds. The molecule has 4 rings (SSSR count). The highest BCUT2D eigenvalue weighted by atomic mass is 16.5. The van der Waals surface area contributed by atoms with Gasteiger partial charge in [-0.3, -0.25) is 4.79 Å². The molecule has 0 radical (unpaired) electrons. The molecule has 148 valence electrons. The van der Waals surface area contributed by atoms with Crippen LogP contribution in [0.4, 0.5) is 0 Å². The zero-order chi connectivity index (χ0) is 19.3. The minimum absolute atomic E-state index is 0.0353. The lowest BCUT2D eigenvalue weighted by atomic mass is 9.88. The highest BCUT2D eigenvalue weighted by Gasteiger charge is 2.33. The first-order valence-corrected chi connectivity index (χ1v) is 10.1. The van der Waals surface area contributed by atoms with Crippen molar-refractivity contribution in [3.8, 4) is 11.5 Å². The zero-order valence-corrected chi connectivity index (χ0v) is 16.2. The second kappa shape index (κ2) is 8.65. The van der Waals surface area contributed by atoms with Gasteiger partial charge in [0, 0.05) is 13.0 Å². The number of hydrogen-bond acceptors (Lipinski definition) is 4. The van der Waals surface area contributed by atoms with Gasteiger partial charge in [0.15, 0.2) is 11.5 Å². The van der Waals surface area contributed by atoms with E-state index in [9.17, 15) is 4.79 Å². The van der Waals surface area contributed by atoms with Crippen molar-refractivity contribution in [1.29, 1.82) is 0 Å². The van der Waals surface area contributed by atoms with Crippen LogP contribution >= 0.6 is 0 Å². The molecule has 2 aromatic rings. The minimum Gasteiger partial charge on any atom is -0.490 e. The molecule has 3 atom stereocenters. The van der Waals surface area contributed by atoms with Crippen LogP contribution in [0.25, 0.3) is 0 Å². The fourth-order valence-electron chi connectivity index (χ4n) is 3.87. The number of benzene rings is 2. The smallest absolute Gasteiger partial charge is 0.226 e. The molecule has 0 unspecified atom stereocenters. The summed E-state index contributed by atoms with van der Waals surface area (Å²) in [5.41, 5.74) is 2.07. The maximum absolute atomic E-state index is 13.1. The van der Waals surface area contributed by atoms with E-state index in [4.69, 9.17) is 14.2 Å². The van der Waals surface area contributed by atoms with Gasteiger partial charge in [-0.05, 0) is 43.0 Å². The molecule has 2 aliphatic heterocycles. The first kappa shape index (κ1) is 18.8. The Labute approximate surface area is 166 Å². The molecule has 0 aliphatic carbocycles. The van der Waals surface area contributed by atoms with Gasteiger partial charge in [-0.2, -0.15) is 0 Å². The van der Waals surface area contributed by atoms with Gasteiger partial charge < -0.3 is 19.5 Å². The third kappa shape index (κ3) is 4.14. The van der Waals surface area contributed by atoms with Gasteiger partial charge in [0.25, 0.3) is 0 Å². The maximum atomic E-state index is 13.1. The number of rotatable bonds is 4. The number of nitrogens with one attached hydrogen (secondary N) is 1. The largest absolute Gasteiger partial charge is 0.490 e. The molecule has 0 aromatic heterocycles. The Balaban J connectivity index is 1.47. The van der Waals surface area contributed by atoms with Crippen LogP contribution in [0.15, 0.2) is 48.5 Å². The summed E-state index contributed by atoms with van der Waals surface area (Å²) in [6, 6.07) is 15.8. The van der Waals surface area contributed by atoms with Gasteiger partial charge in [0.1, 0.15) is 0 Å². The summed E-state index contributed by atoms with van der Waals surface area (Å²) in [4.78, 5) is 13.1. The van der Waals surface area contributed by atoms with Crippen molar-refractivity contribution in [2.24, 2.45) is 5.92 Å². The molecule has 1 saturated heterocycles. The SMILES string of the molecule is C[C@H](NC(=O)[C@H]1CCCO[C@@H]1c1ccccc1)c1ccc2c(c1)OCCCO2. The van der Waals surface area contributed by atoms with Crippen molar-refractivity contribution in [3.63, 3.8) is 0 Å². The minimum atomic E-state index is -0.189. The van der Waals surface area contributed by atoms with Crippen molar-refractivity contribution >= 4 is 5.91 Å². The van der Waals surface area contributed by atoms with E-state index in [2.05, 4.69) is 5.32 Å². The number of fused-ring (bicyclic) bond motifs is 1. The van der Waals surface area contributed by atoms with Crippen LogP contribution in [-0.4, -0.2) is 25.7 Å². The molecule has 5 nitrogen and oxygen atoms in total. The number of carbonyl (C=O) groups is 1. The Kier molecular flexibility index (Phi) is 5.81. The first-order valence-electron chi connectivity index (χ1n) is 10.1. The van der Waals surface area contributed by atoms with Crippen molar-refractivity contribution in [1.82, 2.24) is 5.32 Å². The summed E-state index contributed by atoms with van der Waals surface area (Å²) in [5.74, 6) is 1.37. The molecular formula is C23H27NO4. The second-order valence-corrected chi connectivity index (χ2v) is 7.44. The number of amides is 1. The second-order valence-electron chi connectivity index (χ2n) is 7.44. The zero-order valence-electron chi connectivity index (χ0n) is 16.2. The van der Waals surface area contributed by atoms with Crippen LogP contribution in [0, 0.1) is 5.92 Å². The topological polar surface area (TPSA) is 56.8 Å². The molecule has 28 heavy (non-hydrogen) atoms. The molecule has 1 N–H and O–H groups in total. The quantitative estimate of drug-likeness (QED) is 0.863. The summed E-state index contributed by atoms with van der Waals surface area (Å²) >= 11 is 0. The predicted octanol–water partition coefficient (Wildman–Crippen LogP) is 4.19. The van der Waals surface area contributed by atoms with Gasteiger partial charge >= 0.3 is 0 Å². The third-order valence-corrected chi connectivity index (χ3v) is 5.42. The molecule has 0 spiro atoms. The number of hydrogen-bond donors (Lipinski definition) is 1. The van der Waals surface area contributed by atoms with Crippen molar-refractivity contribution in [3.05, 3.63) is 59.7 Å². The molecule has 2 aliphatic rings. The monoisotopic (exact) mass is 381 g/mol. The normalized spacial score (nSPS) is 22.8. The van der Waals surface area contributed by atoms with Gasteiger partial charge in [0.2, 0.25) is 5.91 Å². The molecule has 0 saturated carbocycles. The fourth-order valence-corrected chi connectivity index (χ4v) is 3.87. The van der Waals surface area contributed by atoms with Crippen LogP contribution < -0.4 is 14.8 Å². The standard InChI is InChI=1S/C23H27NO4/c1-16(18-10-11-20-21(15-18)27-14-6-13-26-20)24-23(25)19-9-5-12-28-22(19)17-7-3-2-4-8-17/h2-4,7-8,10-11,15-16,19,22H,5-6,9,12-14H2,1H3,(H,24,25)/t16-,19-,22+/m0/s1. The van der Waals surface area contributed by atoms with E-state index in [-0.39, 0.29) is 24.0 Å². The Bertz CT molecular complexity index is 808. The van der Waals surface area contributed by atoms with E-state index in [1.54, 1.807) is 0 Å². The molecule has 2 heterocycles. The lowest BCUT2D eigenvalue weighted by Gasteiger charge is -2.32. The Morgan fingerprint density at radius 1 is 1.00 bits per heavy atom. The Morgan fingerprint density at radius 3 is 2.61 bits per heavy atom. The first-order chi connectivity index (χ1) is 13.7. The van der Waals surface area contributed by atoms with E-state index in [1.165, 1.54) is 0 Å². The van der Waals surface area contributed by atoms with Crippen LogP contribution in [0.1, 0.15) is 49.5 Å². The molecule has 5 heteroatoms. The van der Waals surface area contributed by atoms with Crippen LogP contribution in [-0.2, 0) is 9.53 Å². The maximum Gasteiger partial charge on any atom is 0.226 e. The number of ether oxygens (including phenoxy) is 3. The summed E-state index contributed by atoms with van der Waals surface area (Å²) in [6.45, 7) is 4.01. The van der Waals surface area contributed by atoms with Crippen molar-refractivity contribution in [2.75, 3.05) is 19.8 Å². The number of carbonyl (C=O) groups excluding carboxylic acids is 1. The van der Waals surface area contributed by atoms with Crippen LogP contribution in [0.3, 0.4) is 0 Å². The Morgan fingerprint density at radius 2 is 1.79 bits per heavy atom. The molecule has 1 fully saturated rings. The highest BCUT2D eigenvalue weighted by molar-refractivity contribution is 5.80. The van der Waals surface area contributed by atoms with E-state index in [1.807, 2.05) is 55.5 Å². The lowest BCUT2D eigenvalue weighted by molar-refractivity contribution is -0.135. The summed E-state index contributed by atoms with van der Waals surface area (Å²) < 4.78 is 17.4. The van der Waals surface area contributed by atoms with Gasteiger partial charge in [-0.15, -0.1) is 0 Å². The highest BCUT2D eigenvalue weighted by Crippen LogP contribution is 2.35. The van der Waals surface area contributed by atoms with Crippen molar-refractivity contribution < 1.29 is 19.0 Å².